The molecule has 5 rings (SSSR count). The predicted molar refractivity (Wildman–Crippen MR) is 129 cm³/mol. The molecule has 1 aromatic heterocycles. The molecule has 31 heavy (non-hydrogen) atoms. The molecule has 0 aliphatic heterocycles. The van der Waals surface area contributed by atoms with Crippen LogP contribution >= 0.6 is 15.9 Å². The molecule has 1 unspecified atom stereocenters. The zero-order valence-corrected chi connectivity index (χ0v) is 18.9. The minimum absolute atomic E-state index is 0.155. The largest absolute Gasteiger partial charge is 0.354 e. The fourth-order valence-corrected chi connectivity index (χ4v) is 4.93. The molecule has 0 saturated carbocycles. The first-order chi connectivity index (χ1) is 14.9. The molecule has 0 spiro atoms. The summed E-state index contributed by atoms with van der Waals surface area (Å²) < 4.78 is 0.955. The van der Waals surface area contributed by atoms with Crippen molar-refractivity contribution in [2.45, 2.75) is 19.8 Å². The first-order valence-corrected chi connectivity index (χ1v) is 11.0. The number of halogens is 1. The summed E-state index contributed by atoms with van der Waals surface area (Å²) in [6, 6.07) is 20.8. The standard InChI is InChI=1S/C26H21BrN2O2/c1-15-3-6-17(7-4-15)21-12-18-8-5-16(2)11-20(18)23(14-29(30)31)25-22-13-19(27)9-10-24(22)28-26(21)25/h3-13,23,28H,14H2,1-2H3. The summed E-state index contributed by atoms with van der Waals surface area (Å²) >= 11 is 3.58. The van der Waals surface area contributed by atoms with Crippen LogP contribution in [-0.2, 0) is 0 Å². The average molecular weight is 473 g/mol. The van der Waals surface area contributed by atoms with Crippen LogP contribution in [0.2, 0.25) is 0 Å². The molecule has 5 heteroatoms. The van der Waals surface area contributed by atoms with E-state index in [1.165, 1.54) is 5.56 Å². The van der Waals surface area contributed by atoms with Gasteiger partial charge in [0.15, 0.2) is 0 Å². The number of aryl methyl sites for hydroxylation is 2. The quantitative estimate of drug-likeness (QED) is 0.261. The predicted octanol–water partition coefficient (Wildman–Crippen LogP) is 6.86. The molecule has 1 heterocycles. The molecular weight excluding hydrogens is 452 g/mol. The van der Waals surface area contributed by atoms with Gasteiger partial charge in [0.05, 0.1) is 11.6 Å². The van der Waals surface area contributed by atoms with Gasteiger partial charge < -0.3 is 4.98 Å². The molecule has 4 nitrogen and oxygen atoms in total. The van der Waals surface area contributed by atoms with Crippen molar-refractivity contribution in [3.8, 4) is 0 Å². The fourth-order valence-electron chi connectivity index (χ4n) is 4.57. The summed E-state index contributed by atoms with van der Waals surface area (Å²) in [5.74, 6) is -0.345. The molecule has 4 aromatic rings. The minimum atomic E-state index is -0.345. The van der Waals surface area contributed by atoms with Crippen molar-refractivity contribution < 1.29 is 4.92 Å². The maximum atomic E-state index is 11.8. The van der Waals surface area contributed by atoms with Gasteiger partial charge in [-0.05, 0) is 60.4 Å². The summed E-state index contributed by atoms with van der Waals surface area (Å²) in [6.45, 7) is 3.95. The van der Waals surface area contributed by atoms with Gasteiger partial charge in [-0.15, -0.1) is 0 Å². The van der Waals surface area contributed by atoms with Gasteiger partial charge in [0, 0.05) is 25.9 Å². The second kappa shape index (κ2) is 7.50. The van der Waals surface area contributed by atoms with E-state index in [1.54, 1.807) is 0 Å². The molecule has 1 N–H and O–H groups in total. The van der Waals surface area contributed by atoms with Crippen molar-refractivity contribution in [1.29, 1.82) is 0 Å². The highest BCUT2D eigenvalue weighted by Crippen LogP contribution is 2.44. The molecule has 154 valence electrons. The summed E-state index contributed by atoms with van der Waals surface area (Å²) in [7, 11) is 0. The monoisotopic (exact) mass is 472 g/mol. The summed E-state index contributed by atoms with van der Waals surface area (Å²) in [6.07, 6.45) is 2.17. The van der Waals surface area contributed by atoms with E-state index < -0.39 is 0 Å². The molecule has 0 saturated heterocycles. The number of H-pyrrole nitrogens is 1. The smallest absolute Gasteiger partial charge is 0.214 e. The van der Waals surface area contributed by atoms with Crippen LogP contribution in [0.15, 0.2) is 65.1 Å². The van der Waals surface area contributed by atoms with Crippen LogP contribution < -0.4 is 0 Å². The van der Waals surface area contributed by atoms with E-state index in [1.807, 2.05) is 19.1 Å². The van der Waals surface area contributed by atoms with Crippen molar-refractivity contribution in [1.82, 2.24) is 4.98 Å². The number of aromatic amines is 1. The van der Waals surface area contributed by atoms with Crippen molar-refractivity contribution in [3.05, 3.63) is 114 Å². The maximum absolute atomic E-state index is 11.8. The second-order valence-corrected chi connectivity index (χ2v) is 9.14. The third-order valence-electron chi connectivity index (χ3n) is 6.03. The molecule has 3 aromatic carbocycles. The van der Waals surface area contributed by atoms with E-state index in [9.17, 15) is 10.1 Å². The highest BCUT2D eigenvalue weighted by molar-refractivity contribution is 9.10. The molecule has 0 amide bonds. The number of nitrogens with zero attached hydrogens (tertiary/aromatic N) is 1. The molecule has 1 aliphatic carbocycles. The van der Waals surface area contributed by atoms with Gasteiger partial charge in [-0.1, -0.05) is 69.5 Å². The van der Waals surface area contributed by atoms with Gasteiger partial charge in [-0.3, -0.25) is 10.1 Å². The van der Waals surface area contributed by atoms with Crippen LogP contribution in [0.25, 0.3) is 22.6 Å². The zero-order valence-electron chi connectivity index (χ0n) is 17.3. The Kier molecular flexibility index (Phi) is 4.78. The lowest BCUT2D eigenvalue weighted by Gasteiger charge is -2.16. The number of hydrogen-bond acceptors (Lipinski definition) is 2. The van der Waals surface area contributed by atoms with E-state index in [-0.39, 0.29) is 17.4 Å². The number of aromatic nitrogens is 1. The van der Waals surface area contributed by atoms with E-state index in [2.05, 4.69) is 82.4 Å². The second-order valence-electron chi connectivity index (χ2n) is 8.23. The van der Waals surface area contributed by atoms with E-state index in [0.29, 0.717) is 0 Å². The first kappa shape index (κ1) is 19.8. The Morgan fingerprint density at radius 1 is 1.00 bits per heavy atom. The molecular formula is C26H21BrN2O2. The zero-order chi connectivity index (χ0) is 21.7. The SMILES string of the molecule is Cc1ccc(C2=Cc3ccc(C)cc3C(C[N+](=O)[O-])c3c2[nH]c2ccc(Br)cc32)cc1. The van der Waals surface area contributed by atoms with E-state index in [0.717, 1.165) is 54.5 Å². The summed E-state index contributed by atoms with van der Waals surface area (Å²) in [5, 5.41) is 12.8. The molecule has 0 bridgehead atoms. The highest BCUT2D eigenvalue weighted by atomic mass is 79.9. The Bertz CT molecular complexity index is 1370. The van der Waals surface area contributed by atoms with Crippen LogP contribution in [0, 0.1) is 24.0 Å². The normalized spacial score (nSPS) is 15.2. The lowest BCUT2D eigenvalue weighted by Crippen LogP contribution is -2.15. The van der Waals surface area contributed by atoms with Crippen molar-refractivity contribution in [2.75, 3.05) is 6.54 Å². The van der Waals surface area contributed by atoms with Crippen LogP contribution in [0.5, 0.6) is 0 Å². The Hall–Kier alpha value is -3.18. The Morgan fingerprint density at radius 3 is 2.48 bits per heavy atom. The number of hydrogen-bond donors (Lipinski definition) is 1. The summed E-state index contributed by atoms with van der Waals surface area (Å²) in [4.78, 5) is 15.2. The van der Waals surface area contributed by atoms with Gasteiger partial charge in [-0.2, -0.15) is 0 Å². The molecule has 1 atom stereocenters. The van der Waals surface area contributed by atoms with Gasteiger partial charge in [0.25, 0.3) is 0 Å². The number of rotatable bonds is 3. The maximum Gasteiger partial charge on any atom is 0.214 e. The first-order valence-electron chi connectivity index (χ1n) is 10.2. The van der Waals surface area contributed by atoms with Gasteiger partial charge in [0.2, 0.25) is 6.54 Å². The average Bonchev–Trinajstić information content (AvgIpc) is 3.04. The highest BCUT2D eigenvalue weighted by Gasteiger charge is 2.32. The Labute approximate surface area is 188 Å². The Balaban J connectivity index is 1.89. The third kappa shape index (κ3) is 3.49. The van der Waals surface area contributed by atoms with Crippen LogP contribution in [0.4, 0.5) is 0 Å². The number of benzene rings is 3. The topological polar surface area (TPSA) is 58.9 Å². The van der Waals surface area contributed by atoms with Gasteiger partial charge in [0.1, 0.15) is 0 Å². The third-order valence-corrected chi connectivity index (χ3v) is 6.52. The molecule has 0 fully saturated rings. The van der Waals surface area contributed by atoms with Crippen LogP contribution in [0.3, 0.4) is 0 Å². The Morgan fingerprint density at radius 2 is 1.74 bits per heavy atom. The summed E-state index contributed by atoms with van der Waals surface area (Å²) in [5.41, 5.74) is 9.39. The number of nitro groups is 1. The van der Waals surface area contributed by atoms with Crippen LogP contribution in [0.1, 0.15) is 45.0 Å². The fraction of sp³-hybridized carbons (Fsp3) is 0.154. The lowest BCUT2D eigenvalue weighted by atomic mass is 9.86. The van der Waals surface area contributed by atoms with E-state index in [4.69, 9.17) is 0 Å². The van der Waals surface area contributed by atoms with Crippen molar-refractivity contribution in [2.24, 2.45) is 0 Å². The minimum Gasteiger partial charge on any atom is -0.354 e. The number of nitrogens with one attached hydrogen (secondary N) is 1. The lowest BCUT2D eigenvalue weighted by molar-refractivity contribution is -0.481. The van der Waals surface area contributed by atoms with Crippen molar-refractivity contribution in [3.63, 3.8) is 0 Å². The molecule has 0 radical (unpaired) electrons. The van der Waals surface area contributed by atoms with Crippen LogP contribution in [-0.4, -0.2) is 16.5 Å². The van der Waals surface area contributed by atoms with E-state index >= 15 is 0 Å². The molecule has 1 aliphatic rings. The van der Waals surface area contributed by atoms with Gasteiger partial charge in [-0.25, -0.2) is 0 Å². The van der Waals surface area contributed by atoms with Crippen molar-refractivity contribution >= 4 is 38.5 Å². The number of fused-ring (bicyclic) bond motifs is 4. The van der Waals surface area contributed by atoms with Gasteiger partial charge >= 0.3 is 0 Å².